The Kier molecular flexibility index (Phi) is 4.13. The zero-order valence-electron chi connectivity index (χ0n) is 15.2. The van der Waals surface area contributed by atoms with E-state index < -0.39 is 0 Å². The molecule has 0 radical (unpaired) electrons. The van der Waals surface area contributed by atoms with E-state index in [0.29, 0.717) is 11.0 Å². The van der Waals surface area contributed by atoms with Gasteiger partial charge in [0.15, 0.2) is 0 Å². The molecule has 0 spiro atoms. The summed E-state index contributed by atoms with van der Waals surface area (Å²) in [5.74, 6) is 0.661. The van der Waals surface area contributed by atoms with Gasteiger partial charge < -0.3 is 9.88 Å². The van der Waals surface area contributed by atoms with E-state index in [1.807, 2.05) is 25.5 Å². The van der Waals surface area contributed by atoms with Crippen LogP contribution in [0.3, 0.4) is 0 Å². The molecule has 2 aromatic rings. The van der Waals surface area contributed by atoms with Crippen LogP contribution in [0.15, 0.2) is 18.3 Å². The van der Waals surface area contributed by atoms with E-state index in [2.05, 4.69) is 5.32 Å². The van der Waals surface area contributed by atoms with Crippen LogP contribution in [0, 0.1) is 17.2 Å². The number of carbonyl (C=O) groups is 1. The van der Waals surface area contributed by atoms with Gasteiger partial charge in [-0.3, -0.25) is 4.79 Å². The lowest BCUT2D eigenvalue weighted by molar-refractivity contribution is 0.0598. The van der Waals surface area contributed by atoms with E-state index in [1.165, 1.54) is 50.7 Å². The summed E-state index contributed by atoms with van der Waals surface area (Å²) in [6.07, 6.45) is 9.59. The van der Waals surface area contributed by atoms with Gasteiger partial charge in [-0.15, -0.1) is 0 Å². The summed E-state index contributed by atoms with van der Waals surface area (Å²) in [6, 6.07) is 3.05. The molecule has 0 saturated heterocycles. The minimum Gasteiger partial charge on any atom is -0.351 e. The zero-order valence-corrected chi connectivity index (χ0v) is 15.2. The van der Waals surface area contributed by atoms with Gasteiger partial charge in [-0.2, -0.15) is 0 Å². The molecule has 5 heteroatoms. The molecule has 3 fully saturated rings. The van der Waals surface area contributed by atoms with Crippen LogP contribution in [0.1, 0.15) is 55.8 Å². The second kappa shape index (κ2) is 6.19. The Labute approximate surface area is 149 Å². The van der Waals surface area contributed by atoms with Crippen LogP contribution in [0.4, 0.5) is 4.39 Å². The van der Waals surface area contributed by atoms with Crippen molar-refractivity contribution >= 4 is 30.1 Å². The molecule has 3 nitrogen and oxygen atoms in total. The van der Waals surface area contributed by atoms with Gasteiger partial charge in [0.2, 0.25) is 0 Å². The Morgan fingerprint density at radius 1 is 1.32 bits per heavy atom. The molecule has 1 heterocycles. The maximum atomic E-state index is 13.8. The zero-order chi connectivity index (χ0) is 17.6. The largest absolute Gasteiger partial charge is 0.351 e. The van der Waals surface area contributed by atoms with Gasteiger partial charge in [-0.05, 0) is 68.9 Å². The topological polar surface area (TPSA) is 34.0 Å². The maximum absolute atomic E-state index is 13.8. The molecule has 1 aromatic carbocycles. The number of benzene rings is 1. The van der Waals surface area contributed by atoms with Crippen molar-refractivity contribution < 1.29 is 9.18 Å². The molecule has 0 unspecified atom stereocenters. The highest BCUT2D eigenvalue weighted by atomic mass is 19.1. The quantitative estimate of drug-likeness (QED) is 0.854. The second-order valence-corrected chi connectivity index (χ2v) is 8.11. The maximum Gasteiger partial charge on any atom is 0.253 e. The van der Waals surface area contributed by atoms with Crippen LogP contribution in [-0.2, 0) is 6.54 Å². The van der Waals surface area contributed by atoms with Crippen molar-refractivity contribution in [2.45, 2.75) is 52.0 Å². The Morgan fingerprint density at radius 2 is 2.00 bits per heavy atom. The number of aromatic nitrogens is 1. The molecule has 3 aliphatic rings. The molecule has 5 rings (SSSR count). The van der Waals surface area contributed by atoms with E-state index in [0.717, 1.165) is 35.4 Å². The van der Waals surface area contributed by atoms with Crippen LogP contribution in [0.25, 0.3) is 10.9 Å². The molecular formula is C20H26BFN2O. The molecule has 25 heavy (non-hydrogen) atoms. The normalized spacial score (nSPS) is 25.4. The van der Waals surface area contributed by atoms with E-state index in [-0.39, 0.29) is 11.7 Å². The SMILES string of the molecule is Bc1cc(F)cc2c1c(C(=O)NCC13CCC(CC1)CC3)cn2CC. The first-order valence-electron chi connectivity index (χ1n) is 9.58. The van der Waals surface area contributed by atoms with Crippen LogP contribution >= 0.6 is 0 Å². The van der Waals surface area contributed by atoms with Crippen molar-refractivity contribution in [1.82, 2.24) is 9.88 Å². The Balaban J connectivity index is 1.60. The number of nitrogens with one attached hydrogen (secondary N) is 1. The van der Waals surface area contributed by atoms with Crippen molar-refractivity contribution in [3.63, 3.8) is 0 Å². The number of fused-ring (bicyclic) bond motifs is 4. The average Bonchev–Trinajstić information content (AvgIpc) is 3.00. The highest BCUT2D eigenvalue weighted by Crippen LogP contribution is 2.49. The first-order chi connectivity index (χ1) is 12.0. The highest BCUT2D eigenvalue weighted by molar-refractivity contribution is 6.40. The summed E-state index contributed by atoms with van der Waals surface area (Å²) in [7, 11) is 1.88. The lowest BCUT2D eigenvalue weighted by Crippen LogP contribution is -2.43. The van der Waals surface area contributed by atoms with E-state index in [4.69, 9.17) is 0 Å². The summed E-state index contributed by atoms with van der Waals surface area (Å²) in [6.45, 7) is 3.51. The summed E-state index contributed by atoms with van der Waals surface area (Å²) in [5.41, 5.74) is 2.62. The standard InChI is InChI=1S/C20H26BFN2O/c1-2-24-11-15(18-16(21)9-14(22)10-17(18)24)19(25)23-12-20-6-3-13(4-7-20)5-8-20/h9-11,13H,2-8,12,21H2,1H3,(H,23,25). The monoisotopic (exact) mass is 340 g/mol. The van der Waals surface area contributed by atoms with Gasteiger partial charge >= 0.3 is 0 Å². The van der Waals surface area contributed by atoms with E-state index in [1.54, 1.807) is 0 Å². The predicted octanol–water partition coefficient (Wildman–Crippen LogP) is 2.76. The van der Waals surface area contributed by atoms with Crippen LogP contribution in [-0.4, -0.2) is 24.9 Å². The van der Waals surface area contributed by atoms with Crippen LogP contribution < -0.4 is 10.8 Å². The third-order valence-electron chi connectivity index (χ3n) is 6.60. The number of hydrogen-bond acceptors (Lipinski definition) is 1. The van der Waals surface area contributed by atoms with Crippen molar-refractivity contribution in [3.05, 3.63) is 29.7 Å². The minimum absolute atomic E-state index is 0.0195. The number of aryl methyl sites for hydroxylation is 1. The molecule has 1 N–H and O–H groups in total. The summed E-state index contributed by atoms with van der Waals surface area (Å²) >= 11 is 0. The van der Waals surface area contributed by atoms with Crippen molar-refractivity contribution in [3.8, 4) is 0 Å². The molecule has 0 atom stereocenters. The molecular weight excluding hydrogens is 314 g/mol. The van der Waals surface area contributed by atoms with Gasteiger partial charge in [-0.25, -0.2) is 4.39 Å². The van der Waals surface area contributed by atoms with Gasteiger partial charge in [-0.1, -0.05) is 5.46 Å². The molecule has 2 bridgehead atoms. The summed E-state index contributed by atoms with van der Waals surface area (Å²) in [4.78, 5) is 12.9. The fraction of sp³-hybridized carbons (Fsp3) is 0.550. The van der Waals surface area contributed by atoms with Crippen molar-refractivity contribution in [2.24, 2.45) is 11.3 Å². The number of hydrogen-bond donors (Lipinski definition) is 1. The number of rotatable bonds is 4. The van der Waals surface area contributed by atoms with Gasteiger partial charge in [0.1, 0.15) is 13.7 Å². The van der Waals surface area contributed by atoms with Crippen molar-refractivity contribution in [1.29, 1.82) is 0 Å². The molecule has 1 aromatic heterocycles. The van der Waals surface area contributed by atoms with Gasteiger partial charge in [0.25, 0.3) is 5.91 Å². The third-order valence-corrected chi connectivity index (χ3v) is 6.60. The molecule has 132 valence electrons. The molecule has 1 amide bonds. The van der Waals surface area contributed by atoms with Crippen LogP contribution in [0.2, 0.25) is 0 Å². The second-order valence-electron chi connectivity index (χ2n) is 8.11. The van der Waals surface area contributed by atoms with Gasteiger partial charge in [0.05, 0.1) is 11.1 Å². The Morgan fingerprint density at radius 3 is 2.64 bits per heavy atom. The first kappa shape index (κ1) is 16.7. The lowest BCUT2D eigenvalue weighted by Gasteiger charge is -2.46. The Bertz CT molecular complexity index is 807. The Hall–Kier alpha value is -1.78. The summed E-state index contributed by atoms with van der Waals surface area (Å²) in [5, 5.41) is 4.09. The summed E-state index contributed by atoms with van der Waals surface area (Å²) < 4.78 is 15.8. The predicted molar refractivity (Wildman–Crippen MR) is 102 cm³/mol. The van der Waals surface area contributed by atoms with Crippen molar-refractivity contribution in [2.75, 3.05) is 6.54 Å². The molecule has 3 aliphatic carbocycles. The highest BCUT2D eigenvalue weighted by Gasteiger charge is 2.40. The third kappa shape index (κ3) is 2.88. The number of amides is 1. The number of carbonyl (C=O) groups excluding carboxylic acids is 1. The smallest absolute Gasteiger partial charge is 0.253 e. The molecule has 0 aliphatic heterocycles. The average molecular weight is 340 g/mol. The number of halogens is 1. The van der Waals surface area contributed by atoms with E-state index >= 15 is 0 Å². The number of nitrogens with zero attached hydrogens (tertiary/aromatic N) is 1. The van der Waals surface area contributed by atoms with Crippen LogP contribution in [0.5, 0.6) is 0 Å². The lowest BCUT2D eigenvalue weighted by atomic mass is 9.61. The molecule has 3 saturated carbocycles. The first-order valence-corrected chi connectivity index (χ1v) is 9.58. The minimum atomic E-state index is -0.248. The fourth-order valence-electron chi connectivity index (χ4n) is 4.99. The fourth-order valence-corrected chi connectivity index (χ4v) is 4.99. The van der Waals surface area contributed by atoms with E-state index in [9.17, 15) is 9.18 Å². The van der Waals surface area contributed by atoms with Gasteiger partial charge in [0, 0.05) is 24.7 Å².